The van der Waals surface area contributed by atoms with Gasteiger partial charge in [-0.15, -0.1) is 0 Å². The second kappa shape index (κ2) is 5.02. The van der Waals surface area contributed by atoms with Gasteiger partial charge < -0.3 is 4.57 Å². The predicted molar refractivity (Wildman–Crippen MR) is 79.4 cm³/mol. The number of fused-ring (bicyclic) bond motifs is 1. The Morgan fingerprint density at radius 1 is 1.19 bits per heavy atom. The van der Waals surface area contributed by atoms with Crippen molar-refractivity contribution in [2.45, 2.75) is 20.4 Å². The minimum absolute atomic E-state index is 0.0731. The summed E-state index contributed by atoms with van der Waals surface area (Å²) in [6.07, 6.45) is 1.78. The van der Waals surface area contributed by atoms with Gasteiger partial charge in [0.15, 0.2) is 0 Å². The summed E-state index contributed by atoms with van der Waals surface area (Å²) >= 11 is 0. The Labute approximate surface area is 122 Å². The standard InChI is InChI=1S/C17H14FN3/c1-11-5-16-17(6-12(11)2)21(10-20-16)9-13-3-4-15(18)14(7-13)8-19/h3-7,10H,9H2,1-2H3. The first kappa shape index (κ1) is 13.3. The number of hydrogen-bond acceptors (Lipinski definition) is 2. The van der Waals surface area contributed by atoms with Crippen LogP contribution in [0.1, 0.15) is 22.3 Å². The molecule has 1 heterocycles. The van der Waals surface area contributed by atoms with Crippen LogP contribution in [0.4, 0.5) is 4.39 Å². The minimum Gasteiger partial charge on any atom is -0.326 e. The molecule has 0 saturated carbocycles. The predicted octanol–water partition coefficient (Wildman–Crippen LogP) is 3.71. The van der Waals surface area contributed by atoms with Crippen LogP contribution >= 0.6 is 0 Å². The first-order chi connectivity index (χ1) is 10.1. The van der Waals surface area contributed by atoms with E-state index in [1.807, 2.05) is 10.6 Å². The fourth-order valence-corrected chi connectivity index (χ4v) is 2.39. The second-order valence-electron chi connectivity index (χ2n) is 5.22. The molecular weight excluding hydrogens is 265 g/mol. The topological polar surface area (TPSA) is 41.6 Å². The molecule has 21 heavy (non-hydrogen) atoms. The lowest BCUT2D eigenvalue weighted by atomic mass is 10.1. The maximum atomic E-state index is 13.4. The molecule has 3 nitrogen and oxygen atoms in total. The average Bonchev–Trinajstić information content (AvgIpc) is 2.84. The number of hydrogen-bond donors (Lipinski definition) is 0. The molecule has 104 valence electrons. The third-order valence-corrected chi connectivity index (χ3v) is 3.74. The number of rotatable bonds is 2. The van der Waals surface area contributed by atoms with E-state index in [4.69, 9.17) is 5.26 Å². The van der Waals surface area contributed by atoms with Crippen LogP contribution in [-0.4, -0.2) is 9.55 Å². The summed E-state index contributed by atoms with van der Waals surface area (Å²) < 4.78 is 15.4. The van der Waals surface area contributed by atoms with Crippen LogP contribution in [0.15, 0.2) is 36.7 Å². The van der Waals surface area contributed by atoms with E-state index in [0.29, 0.717) is 6.54 Å². The van der Waals surface area contributed by atoms with Crippen LogP contribution in [-0.2, 0) is 6.54 Å². The van der Waals surface area contributed by atoms with Crippen LogP contribution in [0.3, 0.4) is 0 Å². The van der Waals surface area contributed by atoms with Crippen molar-refractivity contribution in [1.82, 2.24) is 9.55 Å². The van der Waals surface area contributed by atoms with Crippen molar-refractivity contribution < 1.29 is 4.39 Å². The highest BCUT2D eigenvalue weighted by molar-refractivity contribution is 5.77. The number of imidazole rings is 1. The summed E-state index contributed by atoms with van der Waals surface area (Å²) in [5, 5.41) is 8.90. The van der Waals surface area contributed by atoms with Gasteiger partial charge in [-0.1, -0.05) is 6.07 Å². The molecule has 0 radical (unpaired) electrons. The van der Waals surface area contributed by atoms with Crippen molar-refractivity contribution in [2.24, 2.45) is 0 Å². The molecule has 0 aliphatic carbocycles. The van der Waals surface area contributed by atoms with Crippen molar-refractivity contribution in [1.29, 1.82) is 5.26 Å². The van der Waals surface area contributed by atoms with E-state index >= 15 is 0 Å². The number of nitrogens with zero attached hydrogens (tertiary/aromatic N) is 3. The summed E-state index contributed by atoms with van der Waals surface area (Å²) in [6, 6.07) is 10.7. The summed E-state index contributed by atoms with van der Waals surface area (Å²) in [4.78, 5) is 4.40. The van der Waals surface area contributed by atoms with Gasteiger partial charge in [0.2, 0.25) is 0 Å². The van der Waals surface area contributed by atoms with Crippen LogP contribution in [0.5, 0.6) is 0 Å². The molecule has 0 unspecified atom stereocenters. The SMILES string of the molecule is Cc1cc2ncn(Cc3ccc(F)c(C#N)c3)c2cc1C. The summed E-state index contributed by atoms with van der Waals surface area (Å²) in [7, 11) is 0. The van der Waals surface area contributed by atoms with Gasteiger partial charge in [-0.05, 0) is 54.8 Å². The molecule has 3 aromatic rings. The van der Waals surface area contributed by atoms with Crippen molar-refractivity contribution in [2.75, 3.05) is 0 Å². The molecule has 0 atom stereocenters. The quantitative estimate of drug-likeness (QED) is 0.717. The number of halogens is 1. The molecule has 4 heteroatoms. The van der Waals surface area contributed by atoms with Crippen LogP contribution in [0.25, 0.3) is 11.0 Å². The highest BCUT2D eigenvalue weighted by atomic mass is 19.1. The van der Waals surface area contributed by atoms with E-state index in [0.717, 1.165) is 16.6 Å². The van der Waals surface area contributed by atoms with Gasteiger partial charge in [-0.25, -0.2) is 9.37 Å². The van der Waals surface area contributed by atoms with Gasteiger partial charge in [-0.2, -0.15) is 5.26 Å². The van der Waals surface area contributed by atoms with Crippen molar-refractivity contribution >= 4 is 11.0 Å². The third kappa shape index (κ3) is 2.38. The number of aromatic nitrogens is 2. The molecule has 0 fully saturated rings. The first-order valence-electron chi connectivity index (χ1n) is 6.69. The van der Waals surface area contributed by atoms with Crippen LogP contribution in [0.2, 0.25) is 0 Å². The molecule has 0 aliphatic rings. The third-order valence-electron chi connectivity index (χ3n) is 3.74. The Hall–Kier alpha value is -2.67. The Bertz CT molecular complexity index is 872. The largest absolute Gasteiger partial charge is 0.326 e. The summed E-state index contributed by atoms with van der Waals surface area (Å²) in [5.41, 5.74) is 5.36. The number of nitriles is 1. The smallest absolute Gasteiger partial charge is 0.140 e. The maximum Gasteiger partial charge on any atom is 0.140 e. The molecule has 0 aliphatic heterocycles. The summed E-state index contributed by atoms with van der Waals surface area (Å²) in [6.45, 7) is 4.69. The Morgan fingerprint density at radius 3 is 2.71 bits per heavy atom. The van der Waals surface area contributed by atoms with E-state index in [-0.39, 0.29) is 5.56 Å². The molecule has 0 bridgehead atoms. The summed E-state index contributed by atoms with van der Waals surface area (Å²) in [5.74, 6) is -0.483. The zero-order chi connectivity index (χ0) is 15.0. The van der Waals surface area contributed by atoms with Gasteiger partial charge in [-0.3, -0.25) is 0 Å². The lowest BCUT2D eigenvalue weighted by Crippen LogP contribution is -1.99. The average molecular weight is 279 g/mol. The minimum atomic E-state index is -0.483. The zero-order valence-electron chi connectivity index (χ0n) is 11.9. The molecule has 0 spiro atoms. The maximum absolute atomic E-state index is 13.4. The molecule has 3 rings (SSSR count). The zero-order valence-corrected chi connectivity index (χ0v) is 11.9. The normalized spacial score (nSPS) is 10.8. The number of benzene rings is 2. The molecule has 2 aromatic carbocycles. The van der Waals surface area contributed by atoms with Crippen LogP contribution < -0.4 is 0 Å². The van der Waals surface area contributed by atoms with Crippen molar-refractivity contribution in [3.05, 3.63) is 64.7 Å². The van der Waals surface area contributed by atoms with E-state index < -0.39 is 5.82 Å². The molecular formula is C17H14FN3. The lowest BCUT2D eigenvalue weighted by molar-refractivity contribution is 0.622. The second-order valence-corrected chi connectivity index (χ2v) is 5.22. The van der Waals surface area contributed by atoms with Gasteiger partial charge in [0.05, 0.1) is 22.9 Å². The van der Waals surface area contributed by atoms with Gasteiger partial charge in [0, 0.05) is 6.54 Å². The van der Waals surface area contributed by atoms with Gasteiger partial charge in [0.1, 0.15) is 11.9 Å². The van der Waals surface area contributed by atoms with Crippen molar-refractivity contribution in [3.8, 4) is 6.07 Å². The first-order valence-corrected chi connectivity index (χ1v) is 6.69. The van der Waals surface area contributed by atoms with Crippen LogP contribution in [0, 0.1) is 31.0 Å². The lowest BCUT2D eigenvalue weighted by Gasteiger charge is -2.07. The van der Waals surface area contributed by atoms with E-state index in [9.17, 15) is 4.39 Å². The Morgan fingerprint density at radius 2 is 1.95 bits per heavy atom. The van der Waals surface area contributed by atoms with Gasteiger partial charge >= 0.3 is 0 Å². The number of aryl methyl sites for hydroxylation is 2. The Balaban J connectivity index is 2.02. The van der Waals surface area contributed by atoms with Crippen molar-refractivity contribution in [3.63, 3.8) is 0 Å². The van der Waals surface area contributed by atoms with Gasteiger partial charge in [0.25, 0.3) is 0 Å². The highest BCUT2D eigenvalue weighted by Crippen LogP contribution is 2.20. The van der Waals surface area contributed by atoms with E-state index in [2.05, 4.69) is 31.0 Å². The molecule has 1 aromatic heterocycles. The molecule has 0 saturated heterocycles. The monoisotopic (exact) mass is 279 g/mol. The van der Waals surface area contributed by atoms with E-state index in [1.54, 1.807) is 18.5 Å². The molecule has 0 N–H and O–H groups in total. The highest BCUT2D eigenvalue weighted by Gasteiger charge is 2.07. The van der Waals surface area contributed by atoms with E-state index in [1.165, 1.54) is 17.2 Å². The molecule has 0 amide bonds. The Kier molecular flexibility index (Phi) is 3.19. The fourth-order valence-electron chi connectivity index (χ4n) is 2.39. The fraction of sp³-hybridized carbons (Fsp3) is 0.176.